The van der Waals surface area contributed by atoms with Crippen LogP contribution in [0.3, 0.4) is 0 Å². The van der Waals surface area contributed by atoms with Crippen molar-refractivity contribution in [2.24, 2.45) is 0 Å². The van der Waals surface area contributed by atoms with Crippen LogP contribution in [-0.4, -0.2) is 37.7 Å². The number of nitrogens with one attached hydrogen (secondary N) is 1. The molecule has 4 N–H and O–H groups in total. The number of thioether (sulfide) groups is 1. The minimum atomic E-state index is -4.09. The second-order valence-corrected chi connectivity index (χ2v) is 6.98. The van der Waals surface area contributed by atoms with Gasteiger partial charge in [0.05, 0.1) is 11.3 Å². The lowest BCUT2D eigenvalue weighted by atomic mass is 10.1. The molecule has 0 spiro atoms. The minimum absolute atomic E-state index is 0.169. The van der Waals surface area contributed by atoms with Crippen molar-refractivity contribution in [1.82, 2.24) is 4.72 Å². The van der Waals surface area contributed by atoms with Crippen LogP contribution in [0.25, 0.3) is 0 Å². The van der Waals surface area contributed by atoms with Crippen LogP contribution < -0.4 is 10.5 Å². The van der Waals surface area contributed by atoms with Crippen molar-refractivity contribution >= 4 is 27.5 Å². The van der Waals surface area contributed by atoms with Crippen LogP contribution >= 0.6 is 11.8 Å². The molecule has 0 saturated heterocycles. The number of aliphatic hydroxyl groups is 1. The zero-order valence-electron chi connectivity index (χ0n) is 10.7. The molecule has 0 amide bonds. The first-order valence-electron chi connectivity index (χ1n) is 5.44. The molecule has 1 aromatic rings. The van der Waals surface area contributed by atoms with Gasteiger partial charge in [-0.2, -0.15) is 11.8 Å². The molecule has 1 unspecified atom stereocenters. The Morgan fingerprint density at radius 1 is 1.53 bits per heavy atom. The fourth-order valence-electron chi connectivity index (χ4n) is 1.49. The van der Waals surface area contributed by atoms with Crippen molar-refractivity contribution in [3.63, 3.8) is 0 Å². The summed E-state index contributed by atoms with van der Waals surface area (Å²) < 4.78 is 39.7. The molecule has 1 rings (SSSR count). The quantitative estimate of drug-likeness (QED) is 0.676. The predicted octanol–water partition coefficient (Wildman–Crippen LogP) is 0.800. The number of nitrogen functional groups attached to an aromatic ring is 1. The van der Waals surface area contributed by atoms with E-state index in [4.69, 9.17) is 5.73 Å². The maximum absolute atomic E-state index is 13.5. The first-order chi connectivity index (χ1) is 8.69. The third kappa shape index (κ3) is 4.34. The Balaban J connectivity index is 2.94. The summed E-state index contributed by atoms with van der Waals surface area (Å²) in [6.07, 6.45) is 1.79. The van der Waals surface area contributed by atoms with Gasteiger partial charge < -0.3 is 10.8 Å². The molecule has 0 bridgehead atoms. The Bertz CT molecular complexity index is 527. The van der Waals surface area contributed by atoms with E-state index in [2.05, 4.69) is 4.72 Å². The van der Waals surface area contributed by atoms with Crippen LogP contribution in [0.1, 0.15) is 6.92 Å². The van der Waals surface area contributed by atoms with E-state index in [0.29, 0.717) is 5.75 Å². The zero-order valence-corrected chi connectivity index (χ0v) is 12.3. The molecule has 0 saturated carbocycles. The van der Waals surface area contributed by atoms with Gasteiger partial charge in [-0.15, -0.1) is 0 Å². The van der Waals surface area contributed by atoms with Crippen molar-refractivity contribution in [2.45, 2.75) is 17.4 Å². The van der Waals surface area contributed by atoms with Crippen molar-refractivity contribution in [3.05, 3.63) is 24.0 Å². The molecule has 5 nitrogen and oxygen atoms in total. The largest absolute Gasteiger partial charge is 0.398 e. The maximum atomic E-state index is 13.5. The Morgan fingerprint density at radius 2 is 2.16 bits per heavy atom. The summed E-state index contributed by atoms with van der Waals surface area (Å²) in [7, 11) is -4.09. The molecule has 0 heterocycles. The molecule has 0 aliphatic rings. The van der Waals surface area contributed by atoms with Gasteiger partial charge in [-0.1, -0.05) is 6.07 Å². The first kappa shape index (κ1) is 16.2. The summed E-state index contributed by atoms with van der Waals surface area (Å²) in [5.74, 6) is -0.570. The number of hydrogen-bond donors (Lipinski definition) is 3. The molecule has 1 aromatic carbocycles. The standard InChI is InChI=1S/C11H17FN2O3S2/c1-11(15,7-18-2)6-14-19(16,17)10-8(12)4-3-5-9(10)13/h3-5,14-15H,6-7,13H2,1-2H3. The summed E-state index contributed by atoms with van der Waals surface area (Å²) in [4.78, 5) is -0.588. The van der Waals surface area contributed by atoms with Crippen LogP contribution in [-0.2, 0) is 10.0 Å². The van der Waals surface area contributed by atoms with Crippen LogP contribution in [0.5, 0.6) is 0 Å². The number of nitrogens with two attached hydrogens (primary N) is 1. The van der Waals surface area contributed by atoms with Crippen molar-refractivity contribution in [3.8, 4) is 0 Å². The van der Waals surface area contributed by atoms with E-state index in [-0.39, 0.29) is 12.2 Å². The second-order valence-electron chi connectivity index (χ2n) is 4.41. The number of anilines is 1. The summed E-state index contributed by atoms with van der Waals surface area (Å²) in [6.45, 7) is 1.28. The topological polar surface area (TPSA) is 92.4 Å². The van der Waals surface area contributed by atoms with E-state index in [0.717, 1.165) is 6.07 Å². The van der Waals surface area contributed by atoms with E-state index in [1.165, 1.54) is 30.8 Å². The van der Waals surface area contributed by atoms with Crippen LogP contribution in [0.4, 0.5) is 10.1 Å². The molecule has 108 valence electrons. The summed E-state index contributed by atoms with van der Waals surface area (Å²) in [6, 6.07) is 3.65. The van der Waals surface area contributed by atoms with Gasteiger partial charge in [-0.3, -0.25) is 0 Å². The average molecular weight is 308 g/mol. The predicted molar refractivity (Wildman–Crippen MR) is 75.0 cm³/mol. The SMILES string of the molecule is CSCC(C)(O)CNS(=O)(=O)c1c(N)cccc1F. The van der Waals surface area contributed by atoms with Crippen molar-refractivity contribution in [2.75, 3.05) is 24.3 Å². The van der Waals surface area contributed by atoms with Gasteiger partial charge >= 0.3 is 0 Å². The highest BCUT2D eigenvalue weighted by molar-refractivity contribution is 7.98. The fraction of sp³-hybridized carbons (Fsp3) is 0.455. The van der Waals surface area contributed by atoms with Gasteiger partial charge in [-0.25, -0.2) is 17.5 Å². The Morgan fingerprint density at radius 3 is 2.68 bits per heavy atom. The number of hydrogen-bond acceptors (Lipinski definition) is 5. The van der Waals surface area contributed by atoms with E-state index in [1.54, 1.807) is 6.26 Å². The van der Waals surface area contributed by atoms with Crippen LogP contribution in [0, 0.1) is 5.82 Å². The lowest BCUT2D eigenvalue weighted by Crippen LogP contribution is -2.42. The molecule has 1 atom stereocenters. The van der Waals surface area contributed by atoms with Crippen molar-refractivity contribution < 1.29 is 17.9 Å². The maximum Gasteiger partial charge on any atom is 0.245 e. The van der Waals surface area contributed by atoms with Gasteiger partial charge in [0, 0.05) is 12.3 Å². The molecule has 8 heteroatoms. The van der Waals surface area contributed by atoms with Gasteiger partial charge in [0.1, 0.15) is 10.7 Å². The Hall–Kier alpha value is -0.830. The molecule has 19 heavy (non-hydrogen) atoms. The molecule has 0 aromatic heterocycles. The summed E-state index contributed by atoms with van der Waals surface area (Å²) in [5, 5.41) is 9.89. The van der Waals surface area contributed by atoms with E-state index < -0.39 is 26.3 Å². The molecule has 0 aliphatic carbocycles. The number of halogens is 1. The lowest BCUT2D eigenvalue weighted by molar-refractivity contribution is 0.0908. The highest BCUT2D eigenvalue weighted by Gasteiger charge is 2.26. The third-order valence-corrected chi connectivity index (χ3v) is 4.77. The molecule has 0 aliphatic heterocycles. The smallest absolute Gasteiger partial charge is 0.245 e. The lowest BCUT2D eigenvalue weighted by Gasteiger charge is -2.22. The monoisotopic (exact) mass is 308 g/mol. The normalized spacial score (nSPS) is 15.2. The molecule has 0 fully saturated rings. The highest BCUT2D eigenvalue weighted by atomic mass is 32.2. The second kappa shape index (κ2) is 6.08. The Kier molecular flexibility index (Phi) is 5.19. The van der Waals surface area contributed by atoms with E-state index >= 15 is 0 Å². The summed E-state index contributed by atoms with van der Waals surface area (Å²) in [5.41, 5.74) is 4.09. The number of rotatable bonds is 6. The van der Waals surface area contributed by atoms with Crippen molar-refractivity contribution in [1.29, 1.82) is 0 Å². The Labute approximate surface area is 116 Å². The zero-order chi connectivity index (χ0) is 14.7. The average Bonchev–Trinajstić information content (AvgIpc) is 2.26. The van der Waals surface area contributed by atoms with Gasteiger partial charge in [0.25, 0.3) is 0 Å². The van der Waals surface area contributed by atoms with Gasteiger partial charge in [0.15, 0.2) is 0 Å². The van der Waals surface area contributed by atoms with Crippen LogP contribution in [0.15, 0.2) is 23.1 Å². The van der Waals surface area contributed by atoms with Gasteiger partial charge in [0.2, 0.25) is 10.0 Å². The number of sulfonamides is 1. The fourth-order valence-corrected chi connectivity index (χ4v) is 3.57. The molecular weight excluding hydrogens is 291 g/mol. The number of benzene rings is 1. The van der Waals surface area contributed by atoms with E-state index in [9.17, 15) is 17.9 Å². The van der Waals surface area contributed by atoms with Crippen LogP contribution in [0.2, 0.25) is 0 Å². The third-order valence-electron chi connectivity index (χ3n) is 2.36. The first-order valence-corrected chi connectivity index (χ1v) is 8.32. The highest BCUT2D eigenvalue weighted by Crippen LogP contribution is 2.21. The minimum Gasteiger partial charge on any atom is -0.398 e. The van der Waals surface area contributed by atoms with Gasteiger partial charge in [-0.05, 0) is 25.3 Å². The molecule has 0 radical (unpaired) electrons. The molecular formula is C11H17FN2O3S2. The summed E-state index contributed by atoms with van der Waals surface area (Å²) >= 11 is 1.38. The van der Waals surface area contributed by atoms with E-state index in [1.807, 2.05) is 0 Å².